The molecule has 0 unspecified atom stereocenters. The van der Waals surface area contributed by atoms with Crippen molar-refractivity contribution in [2.75, 3.05) is 0 Å². The molecular weight excluding hydrogens is 273 g/mol. The summed E-state index contributed by atoms with van der Waals surface area (Å²) in [5, 5.41) is -1.36. The van der Waals surface area contributed by atoms with E-state index in [1.807, 2.05) is 18.2 Å². The Morgan fingerprint density at radius 3 is 1.44 bits per heavy atom. The minimum Gasteiger partial charge on any atom is -0.276 e. The fourth-order valence-electron chi connectivity index (χ4n) is 1.14. The summed E-state index contributed by atoms with van der Waals surface area (Å²) < 4.78 is 0. The van der Waals surface area contributed by atoms with Crippen LogP contribution in [0.15, 0.2) is 54.9 Å². The van der Waals surface area contributed by atoms with Gasteiger partial charge in [-0.2, -0.15) is 0 Å². The van der Waals surface area contributed by atoms with Crippen LogP contribution in [0.5, 0.6) is 0 Å². The van der Waals surface area contributed by atoms with Crippen molar-refractivity contribution in [2.24, 2.45) is 0 Å². The minimum atomic E-state index is -0.681. The van der Waals surface area contributed by atoms with E-state index in [1.54, 1.807) is 24.5 Å². The molecule has 0 saturated heterocycles. The van der Waals surface area contributed by atoms with E-state index < -0.39 is 10.5 Å². The Bertz CT molecular complexity index is 470. The van der Waals surface area contributed by atoms with Crippen LogP contribution in [0, 0.1) is 0 Å². The van der Waals surface area contributed by atoms with Gasteiger partial charge in [-0.15, -0.1) is 0 Å². The molecule has 0 amide bonds. The molecule has 2 aromatic rings. The van der Waals surface area contributed by atoms with Crippen molar-refractivity contribution >= 4 is 33.7 Å². The number of halogens is 2. The summed E-state index contributed by atoms with van der Waals surface area (Å²) in [5.74, 6) is 0. The van der Waals surface area contributed by atoms with Crippen LogP contribution in [0.25, 0.3) is 0 Å². The Hall–Kier alpha value is -1.71. The first kappa shape index (κ1) is 14.4. The Kier molecular flexibility index (Phi) is 6.05. The molecule has 0 spiro atoms. The van der Waals surface area contributed by atoms with Gasteiger partial charge < -0.3 is 0 Å². The predicted octanol–water partition coefficient (Wildman–Crippen LogP) is 3.53. The van der Waals surface area contributed by atoms with Gasteiger partial charge in [0.05, 0.1) is 0 Å². The Morgan fingerprint density at radius 1 is 0.778 bits per heavy atom. The van der Waals surface area contributed by atoms with Gasteiger partial charge in [0.1, 0.15) is 0 Å². The topological polar surface area (TPSA) is 47.0 Å². The van der Waals surface area contributed by atoms with Crippen LogP contribution in [-0.4, -0.2) is 15.5 Å². The normalized spacial score (nSPS) is 9.00. The van der Waals surface area contributed by atoms with Crippen molar-refractivity contribution in [1.29, 1.82) is 0 Å². The van der Waals surface area contributed by atoms with Crippen LogP contribution in [0.1, 0.15) is 20.7 Å². The van der Waals surface area contributed by atoms with Crippen molar-refractivity contribution in [3.8, 4) is 0 Å². The molecule has 1 heterocycles. The summed E-state index contributed by atoms with van der Waals surface area (Å²) in [4.78, 5) is 25.2. The monoisotopic (exact) mass is 281 g/mol. The van der Waals surface area contributed by atoms with Crippen molar-refractivity contribution in [3.63, 3.8) is 0 Å². The SMILES string of the molecule is O=C(Cl)c1ccccc1C(=O)Cl.c1ccncc1. The van der Waals surface area contributed by atoms with Gasteiger partial charge in [0.2, 0.25) is 0 Å². The highest BCUT2D eigenvalue weighted by Gasteiger charge is 2.12. The number of carbonyl (C=O) groups is 2. The van der Waals surface area contributed by atoms with Gasteiger partial charge in [0.25, 0.3) is 10.5 Å². The lowest BCUT2D eigenvalue weighted by Gasteiger charge is -1.98. The van der Waals surface area contributed by atoms with Gasteiger partial charge >= 0.3 is 0 Å². The second-order valence-corrected chi connectivity index (χ2v) is 3.80. The van der Waals surface area contributed by atoms with Crippen molar-refractivity contribution in [1.82, 2.24) is 4.98 Å². The number of hydrogen-bond acceptors (Lipinski definition) is 3. The van der Waals surface area contributed by atoms with Crippen molar-refractivity contribution in [3.05, 3.63) is 66.0 Å². The first-order valence-electron chi connectivity index (χ1n) is 4.96. The summed E-state index contributed by atoms with van der Waals surface area (Å²) in [6.45, 7) is 0. The average Bonchev–Trinajstić information content (AvgIpc) is 2.41. The van der Waals surface area contributed by atoms with Crippen molar-refractivity contribution < 1.29 is 9.59 Å². The first-order valence-corrected chi connectivity index (χ1v) is 5.72. The number of aromatic nitrogens is 1. The predicted molar refractivity (Wildman–Crippen MR) is 71.0 cm³/mol. The lowest BCUT2D eigenvalue weighted by molar-refractivity contribution is 0.105. The maximum Gasteiger partial charge on any atom is 0.253 e. The molecule has 0 N–H and O–H groups in total. The maximum atomic E-state index is 10.7. The van der Waals surface area contributed by atoms with Gasteiger partial charge in [-0.3, -0.25) is 14.6 Å². The van der Waals surface area contributed by atoms with E-state index in [2.05, 4.69) is 4.98 Å². The fourth-order valence-corrected chi connectivity index (χ4v) is 1.47. The van der Waals surface area contributed by atoms with Crippen LogP contribution < -0.4 is 0 Å². The minimum absolute atomic E-state index is 0.138. The van der Waals surface area contributed by atoms with E-state index in [1.165, 1.54) is 12.1 Å². The lowest BCUT2D eigenvalue weighted by atomic mass is 10.1. The maximum absolute atomic E-state index is 10.7. The molecule has 0 saturated carbocycles. The van der Waals surface area contributed by atoms with E-state index in [4.69, 9.17) is 23.2 Å². The summed E-state index contributed by atoms with van der Waals surface area (Å²) in [7, 11) is 0. The zero-order valence-corrected chi connectivity index (χ0v) is 10.7. The van der Waals surface area contributed by atoms with Crippen LogP contribution in [-0.2, 0) is 0 Å². The van der Waals surface area contributed by atoms with Crippen LogP contribution in [0.3, 0.4) is 0 Å². The summed E-state index contributed by atoms with van der Waals surface area (Å²) in [5.41, 5.74) is 0.276. The highest BCUT2D eigenvalue weighted by molar-refractivity contribution is 6.71. The smallest absolute Gasteiger partial charge is 0.253 e. The van der Waals surface area contributed by atoms with Gasteiger partial charge in [-0.1, -0.05) is 18.2 Å². The molecule has 0 fully saturated rings. The molecule has 0 aliphatic rings. The second kappa shape index (κ2) is 7.58. The summed E-state index contributed by atoms with van der Waals surface area (Å²) in [6, 6.07) is 11.8. The third-order valence-electron chi connectivity index (χ3n) is 1.92. The van der Waals surface area contributed by atoms with Gasteiger partial charge in [-0.05, 0) is 47.5 Å². The molecule has 1 aromatic heterocycles. The highest BCUT2D eigenvalue weighted by Crippen LogP contribution is 2.13. The molecule has 0 aliphatic carbocycles. The van der Waals surface area contributed by atoms with Crippen LogP contribution in [0.2, 0.25) is 0 Å². The Balaban J connectivity index is 0.000000225. The quantitative estimate of drug-likeness (QED) is 0.792. The zero-order chi connectivity index (χ0) is 13.4. The van der Waals surface area contributed by atoms with E-state index >= 15 is 0 Å². The van der Waals surface area contributed by atoms with E-state index in [0.29, 0.717) is 0 Å². The fraction of sp³-hybridized carbons (Fsp3) is 0. The van der Waals surface area contributed by atoms with Gasteiger partial charge in [0, 0.05) is 23.5 Å². The molecule has 0 atom stereocenters. The molecule has 3 nitrogen and oxygen atoms in total. The van der Waals surface area contributed by atoms with Gasteiger partial charge in [0.15, 0.2) is 0 Å². The van der Waals surface area contributed by atoms with Crippen molar-refractivity contribution in [2.45, 2.75) is 0 Å². The zero-order valence-electron chi connectivity index (χ0n) is 9.22. The molecule has 5 heteroatoms. The average molecular weight is 282 g/mol. The van der Waals surface area contributed by atoms with E-state index in [-0.39, 0.29) is 11.1 Å². The Morgan fingerprint density at radius 2 is 1.22 bits per heavy atom. The molecule has 18 heavy (non-hydrogen) atoms. The first-order chi connectivity index (χ1) is 8.63. The Labute approximate surface area is 114 Å². The van der Waals surface area contributed by atoms with E-state index in [0.717, 1.165) is 0 Å². The molecule has 1 aromatic carbocycles. The third-order valence-corrected chi connectivity index (χ3v) is 2.32. The number of nitrogens with zero attached hydrogens (tertiary/aromatic N) is 1. The van der Waals surface area contributed by atoms with E-state index in [9.17, 15) is 9.59 Å². The molecule has 0 bridgehead atoms. The second-order valence-electron chi connectivity index (χ2n) is 3.12. The number of hydrogen-bond donors (Lipinski definition) is 0. The molecule has 0 aliphatic heterocycles. The number of rotatable bonds is 2. The number of pyridine rings is 1. The molecular formula is C13H9Cl2NO2. The summed E-state index contributed by atoms with van der Waals surface area (Å²) >= 11 is 10.4. The largest absolute Gasteiger partial charge is 0.276 e. The van der Waals surface area contributed by atoms with Crippen LogP contribution in [0.4, 0.5) is 0 Å². The molecule has 2 rings (SSSR count). The molecule has 0 radical (unpaired) electrons. The molecule has 92 valence electrons. The van der Waals surface area contributed by atoms with Crippen LogP contribution >= 0.6 is 23.2 Å². The highest BCUT2D eigenvalue weighted by atomic mass is 35.5. The number of benzene rings is 1. The third kappa shape index (κ3) is 4.65. The van der Waals surface area contributed by atoms with Gasteiger partial charge in [-0.25, -0.2) is 0 Å². The summed E-state index contributed by atoms with van der Waals surface area (Å²) in [6.07, 6.45) is 3.50. The lowest BCUT2D eigenvalue weighted by Crippen LogP contribution is -1.99. The number of carbonyl (C=O) groups excluding carboxylic acids is 2. The standard InChI is InChI=1S/C8H4Cl2O2.C5H5N/c9-7(11)5-3-1-2-4-6(5)8(10)12;1-2-4-6-5-3-1/h1-4H;1-5H.